The minimum atomic E-state index is -1.89. The first-order valence-corrected chi connectivity index (χ1v) is 13.0. The summed E-state index contributed by atoms with van der Waals surface area (Å²) in [7, 11) is 0. The molecule has 5 atom stereocenters. The summed E-state index contributed by atoms with van der Waals surface area (Å²) in [5.74, 6) is -4.18. The number of hydrogen-bond donors (Lipinski definition) is 8. The average Bonchev–Trinajstić information content (AvgIpc) is 3.00. The molecular formula is C30H26O14. The number of hydrogen-bond acceptors (Lipinski definition) is 14. The number of benzene rings is 3. The Labute approximate surface area is 247 Å². The van der Waals surface area contributed by atoms with Gasteiger partial charge in [-0.1, -0.05) is 12.1 Å². The van der Waals surface area contributed by atoms with Crippen molar-refractivity contribution in [1.82, 2.24) is 0 Å². The Kier molecular flexibility index (Phi) is 8.33. The van der Waals surface area contributed by atoms with Crippen LogP contribution in [0.3, 0.4) is 0 Å². The third-order valence-corrected chi connectivity index (χ3v) is 6.80. The molecule has 14 heteroatoms. The Balaban J connectivity index is 1.36. The van der Waals surface area contributed by atoms with Crippen LogP contribution in [0.2, 0.25) is 0 Å². The van der Waals surface area contributed by atoms with Gasteiger partial charge in [-0.15, -0.1) is 0 Å². The smallest absolute Gasteiger partial charge is 0.330 e. The van der Waals surface area contributed by atoms with Crippen molar-refractivity contribution in [3.63, 3.8) is 0 Å². The minimum Gasteiger partial charge on any atom is -0.508 e. The van der Waals surface area contributed by atoms with Crippen molar-refractivity contribution in [2.24, 2.45) is 0 Å². The van der Waals surface area contributed by atoms with Crippen molar-refractivity contribution in [2.45, 2.75) is 30.7 Å². The van der Waals surface area contributed by atoms with Crippen LogP contribution in [0.1, 0.15) is 5.56 Å². The molecule has 2 heterocycles. The van der Waals surface area contributed by atoms with E-state index in [-0.39, 0.29) is 22.7 Å². The first-order chi connectivity index (χ1) is 20.9. The molecular weight excluding hydrogens is 584 g/mol. The Bertz CT molecular complexity index is 1780. The van der Waals surface area contributed by atoms with Gasteiger partial charge >= 0.3 is 5.97 Å². The highest BCUT2D eigenvalue weighted by Crippen LogP contribution is 2.43. The van der Waals surface area contributed by atoms with Gasteiger partial charge in [0.25, 0.3) is 0 Å². The van der Waals surface area contributed by atoms with E-state index < -0.39 is 82.8 Å². The van der Waals surface area contributed by atoms with E-state index in [9.17, 15) is 50.4 Å². The van der Waals surface area contributed by atoms with Gasteiger partial charge in [0.05, 0.1) is 0 Å². The number of esters is 1. The van der Waals surface area contributed by atoms with Crippen molar-refractivity contribution in [2.75, 3.05) is 6.61 Å². The van der Waals surface area contributed by atoms with Crippen LogP contribution in [0.4, 0.5) is 0 Å². The van der Waals surface area contributed by atoms with Crippen molar-refractivity contribution < 1.29 is 64.3 Å². The van der Waals surface area contributed by atoms with Gasteiger partial charge in [-0.3, -0.25) is 4.79 Å². The Morgan fingerprint density at radius 2 is 1.57 bits per heavy atom. The number of carbonyl (C=O) groups excluding carboxylic acids is 1. The molecule has 0 spiro atoms. The molecule has 0 bridgehead atoms. The predicted molar refractivity (Wildman–Crippen MR) is 150 cm³/mol. The summed E-state index contributed by atoms with van der Waals surface area (Å²) in [6, 6.07) is 11.6. The SMILES string of the molecule is O=C(/C=C/c1ccc(O)cc1)OC[C@H]1O[C@@H](Oc2cc3oc(-c4ccc(O)c(O)c4)cc(=O)c3c(O)c2O)[C@H](O)[C@@H](O)[C@@H]1O. The molecule has 8 N–H and O–H groups in total. The first kappa shape index (κ1) is 30.2. The highest BCUT2D eigenvalue weighted by atomic mass is 16.7. The summed E-state index contributed by atoms with van der Waals surface area (Å²) >= 11 is 0. The number of ether oxygens (including phenoxy) is 3. The van der Waals surface area contributed by atoms with E-state index in [1.165, 1.54) is 30.3 Å². The quantitative estimate of drug-likeness (QED) is 0.0840. The first-order valence-electron chi connectivity index (χ1n) is 13.0. The highest BCUT2D eigenvalue weighted by molar-refractivity contribution is 5.89. The average molecular weight is 611 g/mol. The number of aromatic hydroxyl groups is 5. The summed E-state index contributed by atoms with van der Waals surface area (Å²) < 4.78 is 21.8. The number of fused-ring (bicyclic) bond motifs is 1. The number of rotatable bonds is 7. The lowest BCUT2D eigenvalue weighted by molar-refractivity contribution is -0.278. The molecule has 5 rings (SSSR count). The van der Waals surface area contributed by atoms with Gasteiger partial charge in [0.1, 0.15) is 53.5 Å². The molecule has 1 aliphatic heterocycles. The molecule has 44 heavy (non-hydrogen) atoms. The Morgan fingerprint density at radius 1 is 0.841 bits per heavy atom. The summed E-state index contributed by atoms with van der Waals surface area (Å²) in [5.41, 5.74) is -0.291. The van der Waals surface area contributed by atoms with Crippen LogP contribution in [0.15, 0.2) is 69.9 Å². The predicted octanol–water partition coefficient (Wildman–Crippen LogP) is 1.43. The lowest BCUT2D eigenvalue weighted by Gasteiger charge is -2.39. The zero-order valence-corrected chi connectivity index (χ0v) is 22.5. The largest absolute Gasteiger partial charge is 0.508 e. The fourth-order valence-electron chi connectivity index (χ4n) is 4.42. The van der Waals surface area contributed by atoms with E-state index in [0.717, 1.165) is 24.3 Å². The molecule has 1 saturated heterocycles. The van der Waals surface area contributed by atoms with Crippen molar-refractivity contribution in [3.8, 4) is 45.8 Å². The Hall–Kier alpha value is -5.28. The highest BCUT2D eigenvalue weighted by Gasteiger charge is 2.46. The number of phenolic OH excluding ortho intramolecular Hbond substituents is 5. The lowest BCUT2D eigenvalue weighted by Crippen LogP contribution is -2.60. The number of aliphatic hydroxyl groups excluding tert-OH is 3. The summed E-state index contributed by atoms with van der Waals surface area (Å²) in [4.78, 5) is 25.0. The molecule has 0 unspecified atom stereocenters. The van der Waals surface area contributed by atoms with Crippen LogP contribution in [0.5, 0.6) is 34.5 Å². The molecule has 1 aromatic heterocycles. The van der Waals surface area contributed by atoms with Gasteiger partial charge in [-0.25, -0.2) is 4.79 Å². The van der Waals surface area contributed by atoms with Crippen molar-refractivity contribution >= 4 is 23.0 Å². The van der Waals surface area contributed by atoms with Gasteiger partial charge in [0, 0.05) is 23.8 Å². The molecule has 3 aromatic carbocycles. The van der Waals surface area contributed by atoms with E-state index in [1.807, 2.05) is 0 Å². The molecule has 1 aliphatic rings. The molecule has 0 radical (unpaired) electrons. The van der Waals surface area contributed by atoms with Crippen LogP contribution >= 0.6 is 0 Å². The molecule has 0 amide bonds. The van der Waals surface area contributed by atoms with Gasteiger partial charge in [-0.05, 0) is 42.0 Å². The van der Waals surface area contributed by atoms with Crippen molar-refractivity contribution in [3.05, 3.63) is 76.5 Å². The molecule has 0 aliphatic carbocycles. The van der Waals surface area contributed by atoms with E-state index in [2.05, 4.69) is 0 Å². The maximum atomic E-state index is 12.8. The molecule has 14 nitrogen and oxygen atoms in total. The second-order valence-electron chi connectivity index (χ2n) is 9.81. The van der Waals surface area contributed by atoms with E-state index in [0.29, 0.717) is 5.56 Å². The zero-order chi connectivity index (χ0) is 31.7. The normalized spacial score (nSPS) is 21.8. The third kappa shape index (κ3) is 6.09. The van der Waals surface area contributed by atoms with Gasteiger partial charge in [0.15, 0.2) is 28.4 Å². The molecule has 0 saturated carbocycles. The van der Waals surface area contributed by atoms with Gasteiger partial charge in [-0.2, -0.15) is 0 Å². The van der Waals surface area contributed by atoms with E-state index >= 15 is 0 Å². The van der Waals surface area contributed by atoms with E-state index in [4.69, 9.17) is 18.6 Å². The fourth-order valence-corrected chi connectivity index (χ4v) is 4.42. The summed E-state index contributed by atoms with van der Waals surface area (Å²) in [5, 5.41) is 80.7. The molecule has 230 valence electrons. The maximum Gasteiger partial charge on any atom is 0.330 e. The number of carbonyl (C=O) groups is 1. The number of aliphatic hydroxyl groups is 3. The lowest BCUT2D eigenvalue weighted by atomic mass is 9.99. The van der Waals surface area contributed by atoms with Gasteiger partial charge in [0.2, 0.25) is 12.0 Å². The topological polar surface area (TPSA) is 237 Å². The summed E-state index contributed by atoms with van der Waals surface area (Å²) in [6.07, 6.45) is -6.16. The van der Waals surface area contributed by atoms with E-state index in [1.54, 1.807) is 12.1 Å². The maximum absolute atomic E-state index is 12.8. The second-order valence-corrected chi connectivity index (χ2v) is 9.81. The van der Waals surface area contributed by atoms with Crippen LogP contribution in [-0.4, -0.2) is 84.1 Å². The van der Waals surface area contributed by atoms with Crippen molar-refractivity contribution in [1.29, 1.82) is 0 Å². The fraction of sp³-hybridized carbons (Fsp3) is 0.200. The van der Waals surface area contributed by atoms with Crippen LogP contribution < -0.4 is 10.2 Å². The van der Waals surface area contributed by atoms with Crippen LogP contribution in [-0.2, 0) is 14.3 Å². The third-order valence-electron chi connectivity index (χ3n) is 6.80. The molecule has 4 aromatic rings. The number of phenols is 5. The van der Waals surface area contributed by atoms with Gasteiger partial charge < -0.3 is 59.5 Å². The second kappa shape index (κ2) is 12.1. The molecule has 1 fully saturated rings. The Morgan fingerprint density at radius 3 is 2.27 bits per heavy atom. The summed E-state index contributed by atoms with van der Waals surface area (Å²) in [6.45, 7) is -0.587. The standard InChI is InChI=1S/C30H26O14/c31-15-5-1-13(2-6-15)3-8-23(35)41-12-22-26(37)28(39)29(40)30(44-22)43-21-11-20-24(27(38)25(21)36)18(34)10-19(42-20)14-4-7-16(32)17(33)9-14/h1-11,22,26,28-33,36-40H,12H2/b8-3+/t22-,26-,28+,29-,30-/m1/s1. The minimum absolute atomic E-state index is 0.0439. The van der Waals surface area contributed by atoms with Crippen LogP contribution in [0.25, 0.3) is 28.4 Å². The zero-order valence-electron chi connectivity index (χ0n) is 22.5. The van der Waals surface area contributed by atoms with Crippen LogP contribution in [0, 0.1) is 0 Å². The monoisotopic (exact) mass is 610 g/mol.